The Balaban J connectivity index is 1.84. The Morgan fingerprint density at radius 2 is 1.41 bits per heavy atom. The summed E-state index contributed by atoms with van der Waals surface area (Å²) in [6, 6.07) is 27.6. The maximum atomic E-state index is 13.6. The highest BCUT2D eigenvalue weighted by atomic mass is 32.2. The van der Waals surface area contributed by atoms with Crippen molar-refractivity contribution in [1.82, 2.24) is 10.2 Å². The molecule has 0 saturated carbocycles. The first-order chi connectivity index (χ1) is 16.4. The molecule has 0 radical (unpaired) electrons. The van der Waals surface area contributed by atoms with Gasteiger partial charge in [0.25, 0.3) is 0 Å². The van der Waals surface area contributed by atoms with Gasteiger partial charge in [0.2, 0.25) is 11.8 Å². The van der Waals surface area contributed by atoms with Crippen molar-refractivity contribution in [1.29, 1.82) is 0 Å². The molecule has 4 nitrogen and oxygen atoms in total. The van der Waals surface area contributed by atoms with Crippen LogP contribution in [0.2, 0.25) is 0 Å². The second-order valence-corrected chi connectivity index (χ2v) is 9.84. The third-order valence-corrected chi connectivity index (χ3v) is 6.50. The van der Waals surface area contributed by atoms with Crippen LogP contribution in [0, 0.1) is 6.92 Å². The summed E-state index contributed by atoms with van der Waals surface area (Å²) in [7, 11) is 0. The van der Waals surface area contributed by atoms with Gasteiger partial charge in [-0.15, -0.1) is 11.8 Å². The summed E-state index contributed by atoms with van der Waals surface area (Å²) in [6.07, 6.45) is 0.473. The summed E-state index contributed by atoms with van der Waals surface area (Å²) in [5.74, 6) is 0.932. The maximum Gasteiger partial charge on any atom is 0.243 e. The summed E-state index contributed by atoms with van der Waals surface area (Å²) >= 11 is 1.58. The number of hydrogen-bond donors (Lipinski definition) is 1. The lowest BCUT2D eigenvalue weighted by Gasteiger charge is -2.32. The smallest absolute Gasteiger partial charge is 0.243 e. The summed E-state index contributed by atoms with van der Waals surface area (Å²) < 4.78 is 0. The van der Waals surface area contributed by atoms with Gasteiger partial charge in [0.1, 0.15) is 6.04 Å². The molecule has 2 amide bonds. The lowest BCUT2D eigenvalue weighted by atomic mass is 10.0. The summed E-state index contributed by atoms with van der Waals surface area (Å²) in [5.41, 5.74) is 4.40. The molecule has 0 bridgehead atoms. The molecule has 3 rings (SSSR count). The average molecular weight is 475 g/mol. The fraction of sp³-hybridized carbons (Fsp3) is 0.310. The zero-order valence-electron chi connectivity index (χ0n) is 20.2. The lowest BCUT2D eigenvalue weighted by molar-refractivity contribution is -0.139. The van der Waals surface area contributed by atoms with Gasteiger partial charge in [-0.2, -0.15) is 0 Å². The first-order valence-corrected chi connectivity index (χ1v) is 12.9. The summed E-state index contributed by atoms with van der Waals surface area (Å²) in [6.45, 7) is 6.33. The number of thioether (sulfide) groups is 1. The molecule has 0 aliphatic heterocycles. The van der Waals surface area contributed by atoms with E-state index >= 15 is 0 Å². The fourth-order valence-electron chi connectivity index (χ4n) is 3.74. The molecule has 1 unspecified atom stereocenters. The van der Waals surface area contributed by atoms with Crippen LogP contribution in [0.25, 0.3) is 0 Å². The Labute approximate surface area is 207 Å². The van der Waals surface area contributed by atoms with Gasteiger partial charge in [-0.3, -0.25) is 9.59 Å². The zero-order valence-corrected chi connectivity index (χ0v) is 21.1. The molecule has 0 fully saturated rings. The second-order valence-electron chi connectivity index (χ2n) is 8.85. The number of amides is 2. The molecule has 0 heterocycles. The predicted molar refractivity (Wildman–Crippen MR) is 142 cm³/mol. The normalized spacial score (nSPS) is 11.8. The Bertz CT molecular complexity index is 1040. The van der Waals surface area contributed by atoms with E-state index in [0.29, 0.717) is 18.7 Å². The van der Waals surface area contributed by atoms with E-state index in [1.807, 2.05) is 93.6 Å². The number of rotatable bonds is 11. The van der Waals surface area contributed by atoms with Crippen LogP contribution in [-0.4, -0.2) is 34.6 Å². The van der Waals surface area contributed by atoms with Crippen molar-refractivity contribution in [3.8, 4) is 0 Å². The number of carbonyl (C=O) groups is 2. The SMILES string of the molecule is Cc1ccc(CN(C(=O)CSCc2ccccc2)C(Cc2ccccc2)C(=O)NC(C)C)cc1. The average Bonchev–Trinajstić information content (AvgIpc) is 2.83. The van der Waals surface area contributed by atoms with Crippen molar-refractivity contribution in [2.45, 2.75) is 51.6 Å². The van der Waals surface area contributed by atoms with Gasteiger partial charge in [-0.25, -0.2) is 0 Å². The van der Waals surface area contributed by atoms with E-state index in [4.69, 9.17) is 0 Å². The zero-order chi connectivity index (χ0) is 24.3. The molecule has 3 aromatic carbocycles. The van der Waals surface area contributed by atoms with Crippen LogP contribution < -0.4 is 5.32 Å². The molecule has 1 atom stereocenters. The Morgan fingerprint density at radius 3 is 2.00 bits per heavy atom. The third kappa shape index (κ3) is 8.07. The van der Waals surface area contributed by atoms with Gasteiger partial charge >= 0.3 is 0 Å². The van der Waals surface area contributed by atoms with E-state index in [2.05, 4.69) is 17.4 Å². The summed E-state index contributed by atoms with van der Waals surface area (Å²) in [4.78, 5) is 28.6. The number of nitrogens with zero attached hydrogens (tertiary/aromatic N) is 1. The molecule has 0 aliphatic rings. The van der Waals surface area contributed by atoms with Crippen LogP contribution >= 0.6 is 11.8 Å². The molecule has 3 aromatic rings. The monoisotopic (exact) mass is 474 g/mol. The topological polar surface area (TPSA) is 49.4 Å². The van der Waals surface area contributed by atoms with E-state index in [0.717, 1.165) is 16.9 Å². The van der Waals surface area contributed by atoms with Gasteiger partial charge in [-0.05, 0) is 37.5 Å². The highest BCUT2D eigenvalue weighted by molar-refractivity contribution is 7.99. The van der Waals surface area contributed by atoms with Crippen molar-refractivity contribution < 1.29 is 9.59 Å². The van der Waals surface area contributed by atoms with E-state index in [1.54, 1.807) is 16.7 Å². The molecule has 0 aliphatic carbocycles. The highest BCUT2D eigenvalue weighted by Gasteiger charge is 2.30. The number of hydrogen-bond acceptors (Lipinski definition) is 3. The van der Waals surface area contributed by atoms with E-state index in [-0.39, 0.29) is 17.9 Å². The fourth-order valence-corrected chi connectivity index (χ4v) is 4.61. The first-order valence-electron chi connectivity index (χ1n) is 11.7. The third-order valence-electron chi connectivity index (χ3n) is 5.51. The molecule has 1 N–H and O–H groups in total. The minimum absolute atomic E-state index is 0.00504. The molecule has 5 heteroatoms. The maximum absolute atomic E-state index is 13.6. The van der Waals surface area contributed by atoms with Crippen LogP contribution in [0.15, 0.2) is 84.9 Å². The molecule has 178 valence electrons. The van der Waals surface area contributed by atoms with Crippen molar-refractivity contribution in [3.63, 3.8) is 0 Å². The minimum atomic E-state index is -0.587. The van der Waals surface area contributed by atoms with Gasteiger partial charge < -0.3 is 10.2 Å². The minimum Gasteiger partial charge on any atom is -0.352 e. The van der Waals surface area contributed by atoms with Gasteiger partial charge in [0.15, 0.2) is 0 Å². The molecule has 34 heavy (non-hydrogen) atoms. The van der Waals surface area contributed by atoms with Crippen molar-refractivity contribution >= 4 is 23.6 Å². The number of nitrogens with one attached hydrogen (secondary N) is 1. The molecule has 0 saturated heterocycles. The van der Waals surface area contributed by atoms with Crippen molar-refractivity contribution in [3.05, 3.63) is 107 Å². The standard InChI is InChI=1S/C29H34N2O2S/c1-22(2)30-29(33)27(18-24-10-6-4-7-11-24)31(19-25-16-14-23(3)15-17-25)28(32)21-34-20-26-12-8-5-9-13-26/h4-17,22,27H,18-21H2,1-3H3,(H,30,33). The Morgan fingerprint density at radius 1 is 0.824 bits per heavy atom. The van der Waals surface area contributed by atoms with E-state index in [9.17, 15) is 9.59 Å². The van der Waals surface area contributed by atoms with Crippen LogP contribution in [0.1, 0.15) is 36.1 Å². The summed E-state index contributed by atoms with van der Waals surface area (Å²) in [5, 5.41) is 3.04. The molecular formula is C29H34N2O2S. The predicted octanol–water partition coefficient (Wildman–Crippen LogP) is 5.39. The number of carbonyl (C=O) groups excluding carboxylic acids is 2. The van der Waals surface area contributed by atoms with Gasteiger partial charge in [0, 0.05) is 24.8 Å². The molecule has 0 spiro atoms. The van der Waals surface area contributed by atoms with Crippen molar-refractivity contribution in [2.24, 2.45) is 0 Å². The largest absolute Gasteiger partial charge is 0.352 e. The molecule has 0 aromatic heterocycles. The van der Waals surface area contributed by atoms with Crippen LogP contribution in [0.3, 0.4) is 0 Å². The van der Waals surface area contributed by atoms with Crippen molar-refractivity contribution in [2.75, 3.05) is 5.75 Å². The number of benzene rings is 3. The highest BCUT2D eigenvalue weighted by Crippen LogP contribution is 2.19. The van der Waals surface area contributed by atoms with Crippen LogP contribution in [0.5, 0.6) is 0 Å². The Kier molecular flexibility index (Phi) is 9.77. The van der Waals surface area contributed by atoms with Gasteiger partial charge in [-0.1, -0.05) is 90.5 Å². The lowest BCUT2D eigenvalue weighted by Crippen LogP contribution is -2.52. The Hall–Kier alpha value is -3.05. The number of aryl methyl sites for hydroxylation is 1. The van der Waals surface area contributed by atoms with E-state index < -0.39 is 6.04 Å². The molecular weight excluding hydrogens is 440 g/mol. The van der Waals surface area contributed by atoms with Gasteiger partial charge in [0.05, 0.1) is 5.75 Å². The van der Waals surface area contributed by atoms with Crippen LogP contribution in [0.4, 0.5) is 0 Å². The van der Waals surface area contributed by atoms with Crippen LogP contribution in [-0.2, 0) is 28.3 Å². The second kappa shape index (κ2) is 13.0. The quantitative estimate of drug-likeness (QED) is 0.405. The first kappa shape index (κ1) is 25.6. The van der Waals surface area contributed by atoms with E-state index in [1.165, 1.54) is 11.1 Å².